The van der Waals surface area contributed by atoms with Gasteiger partial charge in [-0.05, 0) is 30.1 Å². The third-order valence-corrected chi connectivity index (χ3v) is 3.42. The van der Waals surface area contributed by atoms with Gasteiger partial charge in [0, 0.05) is 0 Å². The second-order valence-corrected chi connectivity index (χ2v) is 6.61. The number of hydrogen-bond acceptors (Lipinski definition) is 0. The average Bonchev–Trinajstić information content (AvgIpc) is 2.02. The summed E-state index contributed by atoms with van der Waals surface area (Å²) in [6, 6.07) is 0. The molecule has 14 heavy (non-hydrogen) atoms. The Morgan fingerprint density at radius 2 is 1.64 bits per heavy atom. The van der Waals surface area contributed by atoms with E-state index in [9.17, 15) is 0 Å². The fraction of sp³-hybridized carbons (Fsp3) is 1.00. The van der Waals surface area contributed by atoms with Gasteiger partial charge in [0.1, 0.15) is 0 Å². The molecule has 1 saturated carbocycles. The zero-order valence-corrected chi connectivity index (χ0v) is 10.6. The van der Waals surface area contributed by atoms with Gasteiger partial charge in [-0.3, -0.25) is 0 Å². The number of hydrogen-bond donors (Lipinski definition) is 0. The summed E-state index contributed by atoms with van der Waals surface area (Å²) in [5.41, 5.74) is 0.522. The molecule has 1 rings (SSSR count). The molecule has 0 aliphatic heterocycles. The summed E-state index contributed by atoms with van der Waals surface area (Å²) in [6.07, 6.45) is 10.4. The Hall–Kier alpha value is 0. The topological polar surface area (TPSA) is 0 Å². The van der Waals surface area contributed by atoms with Gasteiger partial charge in [-0.2, -0.15) is 0 Å². The Bertz CT molecular complexity index is 146. The maximum atomic E-state index is 2.44. The maximum absolute atomic E-state index is 2.44. The van der Waals surface area contributed by atoms with Crippen molar-refractivity contribution < 1.29 is 0 Å². The van der Waals surface area contributed by atoms with E-state index in [1.807, 2.05) is 0 Å². The molecule has 84 valence electrons. The molecule has 0 aromatic rings. The quantitative estimate of drug-likeness (QED) is 0.594. The second-order valence-electron chi connectivity index (χ2n) is 6.61. The minimum atomic E-state index is 0.522. The van der Waals surface area contributed by atoms with E-state index < -0.39 is 0 Å². The molecule has 0 amide bonds. The number of rotatable bonds is 3. The zero-order chi connectivity index (χ0) is 10.6. The Balaban J connectivity index is 2.21. The maximum Gasteiger partial charge on any atom is -0.0380 e. The van der Waals surface area contributed by atoms with Gasteiger partial charge in [0.15, 0.2) is 0 Å². The summed E-state index contributed by atoms with van der Waals surface area (Å²) >= 11 is 0. The molecule has 0 radical (unpaired) electrons. The molecular weight excluding hydrogens is 168 g/mol. The van der Waals surface area contributed by atoms with Crippen molar-refractivity contribution in [2.45, 2.75) is 72.6 Å². The van der Waals surface area contributed by atoms with Crippen molar-refractivity contribution in [3.8, 4) is 0 Å². The van der Waals surface area contributed by atoms with E-state index >= 15 is 0 Å². The first-order valence-corrected chi connectivity index (χ1v) is 6.47. The predicted molar refractivity (Wildman–Crippen MR) is 64.4 cm³/mol. The van der Waals surface area contributed by atoms with Crippen molar-refractivity contribution in [1.82, 2.24) is 0 Å². The van der Waals surface area contributed by atoms with Crippen molar-refractivity contribution in [2.24, 2.45) is 17.3 Å². The molecule has 0 aromatic heterocycles. The van der Waals surface area contributed by atoms with Crippen LogP contribution in [0.15, 0.2) is 0 Å². The monoisotopic (exact) mass is 196 g/mol. The van der Waals surface area contributed by atoms with Crippen LogP contribution in [0.3, 0.4) is 0 Å². The van der Waals surface area contributed by atoms with Gasteiger partial charge in [-0.15, -0.1) is 0 Å². The smallest absolute Gasteiger partial charge is 0.0380 e. The fourth-order valence-corrected chi connectivity index (χ4v) is 3.12. The van der Waals surface area contributed by atoms with Gasteiger partial charge in [0.25, 0.3) is 0 Å². The highest BCUT2D eigenvalue weighted by Crippen LogP contribution is 2.33. The van der Waals surface area contributed by atoms with Crippen LogP contribution in [0.25, 0.3) is 0 Å². The van der Waals surface area contributed by atoms with Gasteiger partial charge in [-0.1, -0.05) is 59.8 Å². The molecule has 0 spiro atoms. The summed E-state index contributed by atoms with van der Waals surface area (Å²) in [4.78, 5) is 0. The minimum absolute atomic E-state index is 0.522. The van der Waals surface area contributed by atoms with E-state index in [1.54, 1.807) is 0 Å². The normalized spacial score (nSPS) is 22.3. The summed E-state index contributed by atoms with van der Waals surface area (Å²) in [7, 11) is 0. The largest absolute Gasteiger partial charge is 0.0625 e. The second kappa shape index (κ2) is 5.19. The molecular formula is C14H28. The fourth-order valence-electron chi connectivity index (χ4n) is 3.12. The lowest BCUT2D eigenvalue weighted by Gasteiger charge is -2.28. The molecule has 0 saturated heterocycles. The molecule has 1 aliphatic carbocycles. The molecule has 0 heteroatoms. The minimum Gasteiger partial charge on any atom is -0.0625 e. The SMILES string of the molecule is CC(CC1CCCCC1)CC(C)(C)C. The van der Waals surface area contributed by atoms with Crippen LogP contribution < -0.4 is 0 Å². The van der Waals surface area contributed by atoms with E-state index in [0.717, 1.165) is 11.8 Å². The molecule has 0 bridgehead atoms. The first kappa shape index (κ1) is 12.1. The Morgan fingerprint density at radius 1 is 1.07 bits per heavy atom. The summed E-state index contributed by atoms with van der Waals surface area (Å²) < 4.78 is 0. The van der Waals surface area contributed by atoms with Crippen molar-refractivity contribution in [3.05, 3.63) is 0 Å². The van der Waals surface area contributed by atoms with Crippen LogP contribution in [0, 0.1) is 17.3 Å². The standard InChI is InChI=1S/C14H28/c1-12(11-14(2,3)4)10-13-8-6-5-7-9-13/h12-13H,5-11H2,1-4H3. The Morgan fingerprint density at radius 3 is 2.14 bits per heavy atom. The lowest BCUT2D eigenvalue weighted by molar-refractivity contribution is 0.238. The lowest BCUT2D eigenvalue weighted by Crippen LogP contribution is -2.15. The van der Waals surface area contributed by atoms with Crippen molar-refractivity contribution in [2.75, 3.05) is 0 Å². The molecule has 1 unspecified atom stereocenters. The highest BCUT2D eigenvalue weighted by Gasteiger charge is 2.20. The predicted octanol–water partition coefficient (Wildman–Crippen LogP) is 5.03. The van der Waals surface area contributed by atoms with Crippen LogP contribution in [0.1, 0.15) is 72.6 Å². The molecule has 1 aliphatic rings. The lowest BCUT2D eigenvalue weighted by atomic mass is 9.78. The third kappa shape index (κ3) is 5.02. The van der Waals surface area contributed by atoms with Gasteiger partial charge >= 0.3 is 0 Å². The molecule has 0 N–H and O–H groups in total. The van der Waals surface area contributed by atoms with Gasteiger partial charge < -0.3 is 0 Å². The highest BCUT2D eigenvalue weighted by atomic mass is 14.3. The molecule has 1 atom stereocenters. The van der Waals surface area contributed by atoms with E-state index in [0.29, 0.717) is 5.41 Å². The average molecular weight is 196 g/mol. The van der Waals surface area contributed by atoms with Gasteiger partial charge in [0.05, 0.1) is 0 Å². The Kier molecular flexibility index (Phi) is 4.47. The van der Waals surface area contributed by atoms with Crippen molar-refractivity contribution in [3.63, 3.8) is 0 Å². The van der Waals surface area contributed by atoms with Crippen molar-refractivity contribution >= 4 is 0 Å². The van der Waals surface area contributed by atoms with E-state index in [1.165, 1.54) is 44.9 Å². The van der Waals surface area contributed by atoms with E-state index in [-0.39, 0.29) is 0 Å². The van der Waals surface area contributed by atoms with Crippen molar-refractivity contribution in [1.29, 1.82) is 0 Å². The van der Waals surface area contributed by atoms with Crippen LogP contribution in [-0.2, 0) is 0 Å². The van der Waals surface area contributed by atoms with E-state index in [2.05, 4.69) is 27.7 Å². The molecule has 0 aromatic carbocycles. The van der Waals surface area contributed by atoms with Gasteiger partial charge in [-0.25, -0.2) is 0 Å². The van der Waals surface area contributed by atoms with Crippen LogP contribution in [0.4, 0.5) is 0 Å². The highest BCUT2D eigenvalue weighted by molar-refractivity contribution is 4.72. The molecule has 1 fully saturated rings. The van der Waals surface area contributed by atoms with Crippen LogP contribution in [-0.4, -0.2) is 0 Å². The first-order valence-electron chi connectivity index (χ1n) is 6.47. The van der Waals surface area contributed by atoms with Crippen LogP contribution in [0.2, 0.25) is 0 Å². The van der Waals surface area contributed by atoms with E-state index in [4.69, 9.17) is 0 Å². The zero-order valence-electron chi connectivity index (χ0n) is 10.6. The third-order valence-electron chi connectivity index (χ3n) is 3.42. The Labute approximate surface area is 90.5 Å². The summed E-state index contributed by atoms with van der Waals surface area (Å²) in [6.45, 7) is 9.54. The van der Waals surface area contributed by atoms with Crippen LogP contribution in [0.5, 0.6) is 0 Å². The molecule has 0 heterocycles. The molecule has 0 nitrogen and oxygen atoms in total. The van der Waals surface area contributed by atoms with Crippen LogP contribution >= 0.6 is 0 Å². The first-order chi connectivity index (χ1) is 6.47. The summed E-state index contributed by atoms with van der Waals surface area (Å²) in [5.74, 6) is 1.99. The van der Waals surface area contributed by atoms with Gasteiger partial charge in [0.2, 0.25) is 0 Å². The summed E-state index contributed by atoms with van der Waals surface area (Å²) in [5, 5.41) is 0.